The molecule has 1 atom stereocenters. The van der Waals surface area contributed by atoms with E-state index in [0.29, 0.717) is 17.7 Å². The molecule has 1 aromatic carbocycles. The molecule has 1 unspecified atom stereocenters. The van der Waals surface area contributed by atoms with Crippen LogP contribution < -0.4 is 5.73 Å². The maximum atomic E-state index is 11.4. The van der Waals surface area contributed by atoms with Gasteiger partial charge >= 0.3 is 11.9 Å². The number of aliphatic carboxylic acids is 2. The van der Waals surface area contributed by atoms with Crippen LogP contribution in [0.4, 0.5) is 5.69 Å². The molecule has 0 amide bonds. The van der Waals surface area contributed by atoms with Crippen molar-refractivity contribution in [3.63, 3.8) is 0 Å². The van der Waals surface area contributed by atoms with Crippen LogP contribution in [0.1, 0.15) is 18.9 Å². The SMILES string of the molecule is CC1(C(=O)O)C=C(Cc2ccc(N)cc2)C=C(C(=O)O)C1. The Morgan fingerprint density at radius 2 is 1.86 bits per heavy atom. The van der Waals surface area contributed by atoms with E-state index in [9.17, 15) is 14.7 Å². The number of benzene rings is 1. The quantitative estimate of drug-likeness (QED) is 0.737. The van der Waals surface area contributed by atoms with Gasteiger partial charge in [-0.2, -0.15) is 0 Å². The van der Waals surface area contributed by atoms with E-state index in [4.69, 9.17) is 10.8 Å². The molecule has 5 heteroatoms. The maximum Gasteiger partial charge on any atom is 0.331 e. The highest BCUT2D eigenvalue weighted by Crippen LogP contribution is 2.35. The molecule has 0 heterocycles. The standard InChI is InChI=1S/C16H17NO4/c1-16(15(20)21)8-11(7-12(9-16)14(18)19)6-10-2-4-13(17)5-3-10/h2-5,7-8H,6,9,17H2,1H3,(H,18,19)(H,20,21). The fourth-order valence-corrected chi connectivity index (χ4v) is 2.42. The number of nitrogen functional groups attached to an aromatic ring is 1. The van der Waals surface area contributed by atoms with Gasteiger partial charge in [0.2, 0.25) is 0 Å². The summed E-state index contributed by atoms with van der Waals surface area (Å²) in [7, 11) is 0. The minimum Gasteiger partial charge on any atom is -0.481 e. The molecule has 0 saturated heterocycles. The summed E-state index contributed by atoms with van der Waals surface area (Å²) in [5.41, 5.74) is 6.84. The molecule has 0 bridgehead atoms. The third-order valence-corrected chi connectivity index (χ3v) is 3.57. The van der Waals surface area contributed by atoms with Crippen molar-refractivity contribution < 1.29 is 19.8 Å². The van der Waals surface area contributed by atoms with Crippen LogP contribution in [0.15, 0.2) is 47.6 Å². The zero-order valence-corrected chi connectivity index (χ0v) is 11.7. The molecule has 0 radical (unpaired) electrons. The molecule has 2 rings (SSSR count). The second kappa shape index (κ2) is 5.44. The molecule has 0 saturated carbocycles. The first-order valence-corrected chi connectivity index (χ1v) is 6.53. The van der Waals surface area contributed by atoms with E-state index in [2.05, 4.69) is 0 Å². The Morgan fingerprint density at radius 1 is 1.24 bits per heavy atom. The third kappa shape index (κ3) is 3.31. The van der Waals surface area contributed by atoms with E-state index in [0.717, 1.165) is 5.56 Å². The number of anilines is 1. The lowest BCUT2D eigenvalue weighted by Gasteiger charge is -2.26. The van der Waals surface area contributed by atoms with Crippen molar-refractivity contribution in [3.8, 4) is 0 Å². The first-order valence-electron chi connectivity index (χ1n) is 6.53. The normalized spacial score (nSPS) is 21.4. The Kier molecular flexibility index (Phi) is 3.84. The van der Waals surface area contributed by atoms with Gasteiger partial charge in [-0.1, -0.05) is 18.2 Å². The molecule has 21 heavy (non-hydrogen) atoms. The van der Waals surface area contributed by atoms with Gasteiger partial charge in [0, 0.05) is 11.3 Å². The fourth-order valence-electron chi connectivity index (χ4n) is 2.42. The van der Waals surface area contributed by atoms with E-state index in [-0.39, 0.29) is 12.0 Å². The number of rotatable bonds is 4. The zero-order valence-electron chi connectivity index (χ0n) is 11.7. The van der Waals surface area contributed by atoms with Crippen LogP contribution in [-0.2, 0) is 16.0 Å². The van der Waals surface area contributed by atoms with Gasteiger partial charge in [-0.05, 0) is 49.1 Å². The summed E-state index contributed by atoms with van der Waals surface area (Å²) in [6.45, 7) is 1.54. The monoisotopic (exact) mass is 287 g/mol. The number of hydrogen-bond donors (Lipinski definition) is 3. The minimum absolute atomic E-state index is 0.0110. The van der Waals surface area contributed by atoms with E-state index in [1.165, 1.54) is 6.92 Å². The number of nitrogens with two attached hydrogens (primary N) is 1. The molecule has 0 aliphatic heterocycles. The fraction of sp³-hybridized carbons (Fsp3) is 0.250. The lowest BCUT2D eigenvalue weighted by atomic mass is 9.77. The smallest absolute Gasteiger partial charge is 0.331 e. The molecule has 110 valence electrons. The average molecular weight is 287 g/mol. The van der Waals surface area contributed by atoms with Crippen molar-refractivity contribution in [2.75, 3.05) is 5.73 Å². The number of carboxylic acid groups (broad SMARTS) is 2. The lowest BCUT2D eigenvalue weighted by molar-refractivity contribution is -0.145. The van der Waals surface area contributed by atoms with Crippen molar-refractivity contribution in [2.24, 2.45) is 5.41 Å². The van der Waals surface area contributed by atoms with Gasteiger partial charge in [-0.25, -0.2) is 4.79 Å². The number of carboxylic acids is 2. The summed E-state index contributed by atoms with van der Waals surface area (Å²) in [6.07, 6.45) is 3.66. The third-order valence-electron chi connectivity index (χ3n) is 3.57. The number of hydrogen-bond acceptors (Lipinski definition) is 3. The first kappa shape index (κ1) is 14.8. The van der Waals surface area contributed by atoms with Gasteiger partial charge in [0.05, 0.1) is 5.41 Å². The molecule has 4 N–H and O–H groups in total. The summed E-state index contributed by atoms with van der Waals surface area (Å²) < 4.78 is 0. The Hall–Kier alpha value is -2.56. The van der Waals surface area contributed by atoms with Crippen molar-refractivity contribution in [1.29, 1.82) is 0 Å². The maximum absolute atomic E-state index is 11.4. The molecule has 1 aliphatic rings. The molecule has 0 spiro atoms. The van der Waals surface area contributed by atoms with E-state index < -0.39 is 17.4 Å². The minimum atomic E-state index is -1.19. The number of carbonyl (C=O) groups is 2. The van der Waals surface area contributed by atoms with Gasteiger partial charge in [0.15, 0.2) is 0 Å². The van der Waals surface area contributed by atoms with Gasteiger partial charge in [-0.3, -0.25) is 4.79 Å². The van der Waals surface area contributed by atoms with Crippen molar-refractivity contribution in [3.05, 3.63) is 53.1 Å². The van der Waals surface area contributed by atoms with E-state index in [1.807, 2.05) is 12.1 Å². The van der Waals surface area contributed by atoms with Crippen LogP contribution in [0.3, 0.4) is 0 Å². The second-order valence-corrected chi connectivity index (χ2v) is 5.51. The highest BCUT2D eigenvalue weighted by Gasteiger charge is 2.36. The molecule has 1 aliphatic carbocycles. The summed E-state index contributed by atoms with van der Waals surface area (Å²) in [6, 6.07) is 7.21. The van der Waals surface area contributed by atoms with Crippen molar-refractivity contribution >= 4 is 17.6 Å². The van der Waals surface area contributed by atoms with Crippen LogP contribution in [0.2, 0.25) is 0 Å². The summed E-state index contributed by atoms with van der Waals surface area (Å²) in [5.74, 6) is -2.10. The van der Waals surface area contributed by atoms with Crippen LogP contribution in [-0.4, -0.2) is 22.2 Å². The van der Waals surface area contributed by atoms with E-state index in [1.54, 1.807) is 24.3 Å². The largest absolute Gasteiger partial charge is 0.481 e. The first-order chi connectivity index (χ1) is 9.80. The highest BCUT2D eigenvalue weighted by molar-refractivity contribution is 5.90. The number of allylic oxidation sites excluding steroid dienone is 2. The van der Waals surface area contributed by atoms with E-state index >= 15 is 0 Å². The molecular weight excluding hydrogens is 270 g/mol. The highest BCUT2D eigenvalue weighted by atomic mass is 16.4. The topological polar surface area (TPSA) is 101 Å². The Bertz CT molecular complexity index is 643. The summed E-state index contributed by atoms with van der Waals surface area (Å²) >= 11 is 0. The van der Waals surface area contributed by atoms with Crippen LogP contribution in [0.25, 0.3) is 0 Å². The van der Waals surface area contributed by atoms with Gasteiger partial charge in [0.25, 0.3) is 0 Å². The Morgan fingerprint density at radius 3 is 2.38 bits per heavy atom. The molecular formula is C16H17NO4. The predicted octanol–water partition coefficient (Wildman–Crippen LogP) is 2.24. The predicted molar refractivity (Wildman–Crippen MR) is 78.7 cm³/mol. The van der Waals surface area contributed by atoms with Crippen LogP contribution in [0.5, 0.6) is 0 Å². The second-order valence-electron chi connectivity index (χ2n) is 5.51. The zero-order chi connectivity index (χ0) is 15.6. The summed E-state index contributed by atoms with van der Waals surface area (Å²) in [5, 5.41) is 18.5. The van der Waals surface area contributed by atoms with Crippen molar-refractivity contribution in [2.45, 2.75) is 19.8 Å². The summed E-state index contributed by atoms with van der Waals surface area (Å²) in [4.78, 5) is 22.6. The van der Waals surface area contributed by atoms with Gasteiger partial charge in [0.1, 0.15) is 0 Å². The Balaban J connectivity index is 2.34. The van der Waals surface area contributed by atoms with Gasteiger partial charge in [-0.15, -0.1) is 0 Å². The van der Waals surface area contributed by atoms with Crippen molar-refractivity contribution in [1.82, 2.24) is 0 Å². The average Bonchev–Trinajstić information content (AvgIpc) is 2.40. The molecule has 0 fully saturated rings. The lowest BCUT2D eigenvalue weighted by Crippen LogP contribution is -2.30. The van der Waals surface area contributed by atoms with Gasteiger partial charge < -0.3 is 15.9 Å². The van der Waals surface area contributed by atoms with Crippen LogP contribution >= 0.6 is 0 Å². The Labute approximate surface area is 122 Å². The molecule has 1 aromatic rings. The molecule has 5 nitrogen and oxygen atoms in total. The molecule has 0 aromatic heterocycles. The van der Waals surface area contributed by atoms with Crippen LogP contribution in [0, 0.1) is 5.41 Å².